The fourth-order valence-corrected chi connectivity index (χ4v) is 2.79. The summed E-state index contributed by atoms with van der Waals surface area (Å²) in [6.07, 6.45) is -0.849. The highest BCUT2D eigenvalue weighted by molar-refractivity contribution is 9.10. The van der Waals surface area contributed by atoms with Crippen molar-refractivity contribution in [1.29, 1.82) is 0 Å². The quantitative estimate of drug-likeness (QED) is 0.842. The molecular formula is C18H17BrN2O3. The summed E-state index contributed by atoms with van der Waals surface area (Å²) >= 11 is 3.38. The van der Waals surface area contributed by atoms with Crippen LogP contribution in [0, 0.1) is 0 Å². The highest BCUT2D eigenvalue weighted by Crippen LogP contribution is 2.29. The number of fused-ring (bicyclic) bond motifs is 1. The van der Waals surface area contributed by atoms with Crippen molar-refractivity contribution in [2.45, 2.75) is 25.5 Å². The van der Waals surface area contributed by atoms with Crippen molar-refractivity contribution in [2.75, 3.05) is 5.32 Å². The molecule has 1 heterocycles. The van der Waals surface area contributed by atoms with Gasteiger partial charge in [-0.1, -0.05) is 40.2 Å². The van der Waals surface area contributed by atoms with E-state index in [1.807, 2.05) is 43.3 Å². The minimum absolute atomic E-state index is 0.0268. The normalized spacial score (nSPS) is 17.2. The topological polar surface area (TPSA) is 67.4 Å². The molecule has 1 aliphatic heterocycles. The molecule has 0 aromatic heterocycles. The van der Waals surface area contributed by atoms with Crippen molar-refractivity contribution in [3.8, 4) is 5.75 Å². The van der Waals surface area contributed by atoms with Crippen LogP contribution in [0.15, 0.2) is 53.0 Å². The lowest BCUT2D eigenvalue weighted by atomic mass is 10.1. The molecule has 0 spiro atoms. The molecule has 5 nitrogen and oxygen atoms in total. The third-order valence-electron chi connectivity index (χ3n) is 3.82. The van der Waals surface area contributed by atoms with Crippen molar-refractivity contribution in [2.24, 2.45) is 0 Å². The third kappa shape index (κ3) is 3.76. The molecule has 0 saturated heterocycles. The lowest BCUT2D eigenvalue weighted by molar-refractivity contribution is -0.130. The highest BCUT2D eigenvalue weighted by Gasteiger charge is 2.29. The van der Waals surface area contributed by atoms with Crippen molar-refractivity contribution >= 4 is 33.4 Å². The molecule has 3 rings (SSSR count). The van der Waals surface area contributed by atoms with Crippen LogP contribution in [0.1, 0.15) is 24.9 Å². The molecule has 0 radical (unpaired) electrons. The number of halogens is 1. The Bertz CT molecular complexity index is 761. The van der Waals surface area contributed by atoms with E-state index in [9.17, 15) is 9.59 Å². The van der Waals surface area contributed by atoms with Gasteiger partial charge in [-0.3, -0.25) is 9.59 Å². The van der Waals surface area contributed by atoms with Gasteiger partial charge in [0.2, 0.25) is 5.91 Å². The van der Waals surface area contributed by atoms with Gasteiger partial charge in [0.05, 0.1) is 18.2 Å². The van der Waals surface area contributed by atoms with E-state index in [4.69, 9.17) is 4.74 Å². The first-order chi connectivity index (χ1) is 11.5. The SMILES string of the molecule is CC(NC(=O)CC1Oc2ccccc2NC1=O)c1ccc(Br)cc1. The summed E-state index contributed by atoms with van der Waals surface area (Å²) in [7, 11) is 0. The van der Waals surface area contributed by atoms with Gasteiger partial charge in [0.25, 0.3) is 5.91 Å². The minimum Gasteiger partial charge on any atom is -0.478 e. The number of benzene rings is 2. The van der Waals surface area contributed by atoms with Gasteiger partial charge in [-0.25, -0.2) is 0 Å². The number of hydrogen-bond acceptors (Lipinski definition) is 3. The zero-order valence-electron chi connectivity index (χ0n) is 13.1. The summed E-state index contributed by atoms with van der Waals surface area (Å²) in [6.45, 7) is 1.90. The number of carbonyl (C=O) groups is 2. The Morgan fingerprint density at radius 3 is 2.71 bits per heavy atom. The van der Waals surface area contributed by atoms with Crippen LogP contribution in [-0.4, -0.2) is 17.9 Å². The monoisotopic (exact) mass is 388 g/mol. The molecule has 24 heavy (non-hydrogen) atoms. The number of rotatable bonds is 4. The molecule has 0 saturated carbocycles. The third-order valence-corrected chi connectivity index (χ3v) is 4.35. The molecule has 1 aliphatic rings. The first kappa shape index (κ1) is 16.5. The molecular weight excluding hydrogens is 372 g/mol. The summed E-state index contributed by atoms with van der Waals surface area (Å²) in [5, 5.41) is 5.65. The summed E-state index contributed by atoms with van der Waals surface area (Å²) in [6, 6.07) is 14.7. The molecule has 2 N–H and O–H groups in total. The highest BCUT2D eigenvalue weighted by atomic mass is 79.9. The second-order valence-electron chi connectivity index (χ2n) is 5.64. The second-order valence-corrected chi connectivity index (χ2v) is 6.55. The van der Waals surface area contributed by atoms with Crippen molar-refractivity contribution in [3.05, 3.63) is 58.6 Å². The number of hydrogen-bond donors (Lipinski definition) is 2. The lowest BCUT2D eigenvalue weighted by Crippen LogP contribution is -2.41. The van der Waals surface area contributed by atoms with Crippen LogP contribution in [0.4, 0.5) is 5.69 Å². The zero-order valence-corrected chi connectivity index (χ0v) is 14.7. The number of ether oxygens (including phenoxy) is 1. The van der Waals surface area contributed by atoms with E-state index in [1.54, 1.807) is 12.1 Å². The van der Waals surface area contributed by atoms with Crippen LogP contribution in [0.25, 0.3) is 0 Å². The first-order valence-corrected chi connectivity index (χ1v) is 8.43. The van der Waals surface area contributed by atoms with Crippen LogP contribution in [0.2, 0.25) is 0 Å². The fourth-order valence-electron chi connectivity index (χ4n) is 2.53. The van der Waals surface area contributed by atoms with Gasteiger partial charge >= 0.3 is 0 Å². The van der Waals surface area contributed by atoms with Crippen molar-refractivity contribution in [1.82, 2.24) is 5.32 Å². The van der Waals surface area contributed by atoms with E-state index in [0.717, 1.165) is 10.0 Å². The Balaban J connectivity index is 1.61. The largest absolute Gasteiger partial charge is 0.478 e. The minimum atomic E-state index is -0.822. The number of nitrogens with one attached hydrogen (secondary N) is 2. The number of carbonyl (C=O) groups excluding carboxylic acids is 2. The fraction of sp³-hybridized carbons (Fsp3) is 0.222. The second kappa shape index (κ2) is 7.05. The molecule has 2 atom stereocenters. The Morgan fingerprint density at radius 1 is 1.25 bits per heavy atom. The van der Waals surface area contributed by atoms with E-state index in [1.165, 1.54) is 0 Å². The molecule has 2 aromatic carbocycles. The van der Waals surface area contributed by atoms with E-state index in [-0.39, 0.29) is 24.3 Å². The summed E-state index contributed by atoms with van der Waals surface area (Å²) in [4.78, 5) is 24.3. The molecule has 124 valence electrons. The molecule has 2 amide bonds. The molecule has 2 unspecified atom stereocenters. The Kier molecular flexibility index (Phi) is 4.85. The van der Waals surface area contributed by atoms with Gasteiger partial charge in [-0.15, -0.1) is 0 Å². The van der Waals surface area contributed by atoms with Crippen LogP contribution in [-0.2, 0) is 9.59 Å². The summed E-state index contributed by atoms with van der Waals surface area (Å²) < 4.78 is 6.62. The molecule has 6 heteroatoms. The van der Waals surface area contributed by atoms with Gasteiger partial charge in [-0.2, -0.15) is 0 Å². The van der Waals surface area contributed by atoms with E-state index in [0.29, 0.717) is 11.4 Å². The summed E-state index contributed by atoms with van der Waals surface area (Å²) in [5.74, 6) is 0.0425. The number of para-hydroxylation sites is 2. The van der Waals surface area contributed by atoms with Crippen LogP contribution in [0.5, 0.6) is 5.75 Å². The Labute approximate surface area is 148 Å². The Hall–Kier alpha value is -2.34. The van der Waals surface area contributed by atoms with Gasteiger partial charge in [0.1, 0.15) is 5.75 Å². The molecule has 2 aromatic rings. The average Bonchev–Trinajstić information content (AvgIpc) is 2.56. The standard InChI is InChI=1S/C18H17BrN2O3/c1-11(12-6-8-13(19)9-7-12)20-17(22)10-16-18(23)21-14-4-2-3-5-15(14)24-16/h2-9,11,16H,10H2,1H3,(H,20,22)(H,21,23). The zero-order chi connectivity index (χ0) is 17.1. The maximum Gasteiger partial charge on any atom is 0.266 e. The number of anilines is 1. The molecule has 0 bridgehead atoms. The van der Waals surface area contributed by atoms with Crippen LogP contribution >= 0.6 is 15.9 Å². The Morgan fingerprint density at radius 2 is 1.96 bits per heavy atom. The van der Waals surface area contributed by atoms with Crippen LogP contribution < -0.4 is 15.4 Å². The van der Waals surface area contributed by atoms with E-state index in [2.05, 4.69) is 26.6 Å². The number of amides is 2. The smallest absolute Gasteiger partial charge is 0.266 e. The molecule has 0 aliphatic carbocycles. The predicted molar refractivity (Wildman–Crippen MR) is 94.8 cm³/mol. The van der Waals surface area contributed by atoms with Gasteiger partial charge < -0.3 is 15.4 Å². The van der Waals surface area contributed by atoms with Gasteiger partial charge in [0, 0.05) is 4.47 Å². The maximum atomic E-state index is 12.2. The average molecular weight is 389 g/mol. The summed E-state index contributed by atoms with van der Waals surface area (Å²) in [5.41, 5.74) is 1.62. The van der Waals surface area contributed by atoms with Gasteiger partial charge in [-0.05, 0) is 36.8 Å². The van der Waals surface area contributed by atoms with E-state index < -0.39 is 6.10 Å². The van der Waals surface area contributed by atoms with Crippen molar-refractivity contribution < 1.29 is 14.3 Å². The molecule has 0 fully saturated rings. The van der Waals surface area contributed by atoms with Crippen molar-refractivity contribution in [3.63, 3.8) is 0 Å². The predicted octanol–water partition coefficient (Wildman–Crippen LogP) is 3.42. The van der Waals surface area contributed by atoms with Gasteiger partial charge in [0.15, 0.2) is 6.10 Å². The van der Waals surface area contributed by atoms with Crippen LogP contribution in [0.3, 0.4) is 0 Å². The first-order valence-electron chi connectivity index (χ1n) is 7.64. The lowest BCUT2D eigenvalue weighted by Gasteiger charge is -2.25. The maximum absolute atomic E-state index is 12.2. The van der Waals surface area contributed by atoms with E-state index >= 15 is 0 Å².